The highest BCUT2D eigenvalue weighted by atomic mass is 14.6. The van der Waals surface area contributed by atoms with Crippen LogP contribution in [-0.4, -0.2) is 6.72 Å². The van der Waals surface area contributed by atoms with Crippen molar-refractivity contribution in [3.63, 3.8) is 0 Å². The zero-order chi connectivity index (χ0) is 6.41. The molecule has 0 aromatic carbocycles. The molecule has 0 saturated carbocycles. The summed E-state index contributed by atoms with van der Waals surface area (Å²) < 4.78 is 0. The fraction of sp³-hybridized carbons (Fsp3) is 0. The molecule has 0 aliphatic rings. The Labute approximate surface area is 48.5 Å². The molecule has 0 amide bonds. The second-order valence-corrected chi connectivity index (χ2v) is 1.14. The fourth-order valence-electron chi connectivity index (χ4n) is 0.180. The third-order valence-electron chi connectivity index (χ3n) is 0.525. The van der Waals surface area contributed by atoms with E-state index in [2.05, 4.69) is 18.3 Å². The molecule has 0 spiro atoms. The van der Waals surface area contributed by atoms with Crippen LogP contribution in [0.25, 0.3) is 0 Å². The Morgan fingerprint density at radius 2 is 2.38 bits per heavy atom. The Morgan fingerprint density at radius 3 is 2.75 bits per heavy atom. The van der Waals surface area contributed by atoms with Gasteiger partial charge < -0.3 is 0 Å². The predicted molar refractivity (Wildman–Crippen MR) is 33.4 cm³/mol. The van der Waals surface area contributed by atoms with Crippen LogP contribution in [0.1, 0.15) is 0 Å². The number of hydrogen-bond acceptors (Lipinski definition) is 2. The van der Waals surface area contributed by atoms with E-state index in [0.29, 0.717) is 5.57 Å². The maximum atomic E-state index is 8.10. The highest BCUT2D eigenvalue weighted by Crippen LogP contribution is 1.87. The van der Waals surface area contributed by atoms with Gasteiger partial charge in [0.05, 0.1) is 6.07 Å². The summed E-state index contributed by atoms with van der Waals surface area (Å²) in [5.41, 5.74) is 0.386. The predicted octanol–water partition coefficient (Wildman–Crippen LogP) is 1.28. The molecule has 0 rings (SSSR count). The second-order valence-electron chi connectivity index (χ2n) is 1.14. The highest BCUT2D eigenvalue weighted by Gasteiger charge is 1.75. The Bertz CT molecular complexity index is 160. The summed E-state index contributed by atoms with van der Waals surface area (Å²) in [6, 6.07) is 1.83. The van der Waals surface area contributed by atoms with Crippen LogP contribution in [0, 0.1) is 11.3 Å². The minimum atomic E-state index is 0.386. The molecule has 0 fully saturated rings. The monoisotopic (exact) mass is 106 g/mol. The Balaban J connectivity index is 3.75. The standard InChI is InChI=1S/C6H6N2/c1-6(5-7)3-4-8-2/h3-4H,1-2H2/b4-3-. The van der Waals surface area contributed by atoms with E-state index >= 15 is 0 Å². The maximum absolute atomic E-state index is 8.10. The van der Waals surface area contributed by atoms with Crippen molar-refractivity contribution in [3.8, 4) is 6.07 Å². The third-order valence-corrected chi connectivity index (χ3v) is 0.525. The summed E-state index contributed by atoms with van der Waals surface area (Å²) in [7, 11) is 0. The molecule has 0 saturated heterocycles. The van der Waals surface area contributed by atoms with E-state index in [4.69, 9.17) is 5.26 Å². The van der Waals surface area contributed by atoms with Crippen LogP contribution in [0.3, 0.4) is 0 Å². The zero-order valence-electron chi connectivity index (χ0n) is 4.46. The van der Waals surface area contributed by atoms with Crippen molar-refractivity contribution in [1.29, 1.82) is 5.26 Å². The van der Waals surface area contributed by atoms with Crippen molar-refractivity contribution in [3.05, 3.63) is 24.4 Å². The van der Waals surface area contributed by atoms with Gasteiger partial charge in [0.2, 0.25) is 0 Å². The van der Waals surface area contributed by atoms with Crippen LogP contribution >= 0.6 is 0 Å². The lowest BCUT2D eigenvalue weighted by atomic mass is 10.3. The van der Waals surface area contributed by atoms with Crippen molar-refractivity contribution in [2.24, 2.45) is 4.99 Å². The fourth-order valence-corrected chi connectivity index (χ4v) is 0.180. The molecule has 0 atom stereocenters. The van der Waals surface area contributed by atoms with Crippen LogP contribution < -0.4 is 0 Å². The molecule has 0 heterocycles. The molecule has 0 unspecified atom stereocenters. The van der Waals surface area contributed by atoms with Gasteiger partial charge in [-0.1, -0.05) is 6.58 Å². The van der Waals surface area contributed by atoms with E-state index in [-0.39, 0.29) is 0 Å². The van der Waals surface area contributed by atoms with Crippen LogP contribution in [0.5, 0.6) is 0 Å². The van der Waals surface area contributed by atoms with E-state index in [1.165, 1.54) is 12.3 Å². The van der Waals surface area contributed by atoms with Crippen LogP contribution in [0.4, 0.5) is 0 Å². The van der Waals surface area contributed by atoms with Gasteiger partial charge in [0.1, 0.15) is 0 Å². The van der Waals surface area contributed by atoms with Gasteiger partial charge in [-0.25, -0.2) is 0 Å². The molecule has 40 valence electrons. The van der Waals surface area contributed by atoms with E-state index < -0.39 is 0 Å². The quantitative estimate of drug-likeness (QED) is 0.297. The first kappa shape index (κ1) is 6.64. The summed E-state index contributed by atoms with van der Waals surface area (Å²) in [6.45, 7) is 6.55. The van der Waals surface area contributed by atoms with E-state index in [1.54, 1.807) is 0 Å². The lowest BCUT2D eigenvalue weighted by Crippen LogP contribution is -1.61. The molecule has 2 nitrogen and oxygen atoms in total. The summed E-state index contributed by atoms with van der Waals surface area (Å²) >= 11 is 0. The van der Waals surface area contributed by atoms with Crippen molar-refractivity contribution in [1.82, 2.24) is 0 Å². The normalized spacial score (nSPS) is 8.38. The minimum absolute atomic E-state index is 0.386. The molecule has 2 heteroatoms. The Morgan fingerprint density at radius 1 is 1.75 bits per heavy atom. The van der Waals surface area contributed by atoms with Crippen molar-refractivity contribution in [2.45, 2.75) is 0 Å². The van der Waals surface area contributed by atoms with Crippen molar-refractivity contribution >= 4 is 6.72 Å². The van der Waals surface area contributed by atoms with Crippen LogP contribution in [0.15, 0.2) is 29.4 Å². The molecule has 0 radical (unpaired) electrons. The van der Waals surface area contributed by atoms with E-state index in [0.717, 1.165) is 0 Å². The van der Waals surface area contributed by atoms with Gasteiger partial charge >= 0.3 is 0 Å². The summed E-state index contributed by atoms with van der Waals surface area (Å²) in [5.74, 6) is 0. The molecule has 8 heavy (non-hydrogen) atoms. The largest absolute Gasteiger partial charge is 0.272 e. The zero-order valence-corrected chi connectivity index (χ0v) is 4.46. The second kappa shape index (κ2) is 3.82. The lowest BCUT2D eigenvalue weighted by molar-refractivity contribution is 1.49. The molecular formula is C6H6N2. The number of hydrogen-bond donors (Lipinski definition) is 0. The van der Waals surface area contributed by atoms with E-state index in [9.17, 15) is 0 Å². The van der Waals surface area contributed by atoms with Gasteiger partial charge in [-0.05, 0) is 12.8 Å². The van der Waals surface area contributed by atoms with Gasteiger partial charge in [0.15, 0.2) is 0 Å². The lowest BCUT2D eigenvalue weighted by Gasteiger charge is -1.73. The number of nitrogens with zero attached hydrogens (tertiary/aromatic N) is 2. The molecule has 0 aromatic rings. The van der Waals surface area contributed by atoms with E-state index in [1.807, 2.05) is 6.07 Å². The molecule has 0 bridgehead atoms. The Hall–Kier alpha value is -1.36. The molecule has 0 aliphatic carbocycles. The minimum Gasteiger partial charge on any atom is -0.272 e. The van der Waals surface area contributed by atoms with Crippen molar-refractivity contribution < 1.29 is 0 Å². The maximum Gasteiger partial charge on any atom is 0.0985 e. The first-order chi connectivity index (χ1) is 3.81. The van der Waals surface area contributed by atoms with Crippen LogP contribution in [-0.2, 0) is 0 Å². The first-order valence-corrected chi connectivity index (χ1v) is 2.02. The van der Waals surface area contributed by atoms with Gasteiger partial charge in [-0.15, -0.1) is 0 Å². The number of allylic oxidation sites excluding steroid dienone is 2. The smallest absolute Gasteiger partial charge is 0.0985 e. The average Bonchev–Trinajstić information content (AvgIpc) is 1.83. The SMILES string of the molecule is C=N/C=C\C(=C)C#N. The van der Waals surface area contributed by atoms with Gasteiger partial charge in [0.25, 0.3) is 0 Å². The van der Waals surface area contributed by atoms with Gasteiger partial charge in [-0.2, -0.15) is 5.26 Å². The molecule has 0 aliphatic heterocycles. The number of rotatable bonds is 2. The number of nitriles is 1. The topological polar surface area (TPSA) is 36.1 Å². The highest BCUT2D eigenvalue weighted by molar-refractivity contribution is 5.32. The number of aliphatic imine (C=N–C) groups is 1. The summed E-state index contributed by atoms with van der Waals surface area (Å²) in [4.78, 5) is 3.38. The van der Waals surface area contributed by atoms with Crippen LogP contribution in [0.2, 0.25) is 0 Å². The molecule has 0 aromatic heterocycles. The molecule has 0 N–H and O–H groups in total. The summed E-state index contributed by atoms with van der Waals surface area (Å²) in [5, 5.41) is 8.10. The van der Waals surface area contributed by atoms with Crippen molar-refractivity contribution in [2.75, 3.05) is 0 Å². The molecular weight excluding hydrogens is 100 g/mol. The van der Waals surface area contributed by atoms with Gasteiger partial charge in [-0.3, -0.25) is 4.99 Å². The first-order valence-electron chi connectivity index (χ1n) is 2.02. The van der Waals surface area contributed by atoms with Gasteiger partial charge in [0, 0.05) is 11.8 Å². The third kappa shape index (κ3) is 2.86. The average molecular weight is 106 g/mol. The Kier molecular flexibility index (Phi) is 3.17. The summed E-state index contributed by atoms with van der Waals surface area (Å²) in [6.07, 6.45) is 2.92.